The van der Waals surface area contributed by atoms with Gasteiger partial charge in [-0.05, 0) is 6.07 Å². The van der Waals surface area contributed by atoms with Gasteiger partial charge in [0.25, 0.3) is 5.69 Å². The molecule has 0 spiro atoms. The average Bonchev–Trinajstić information content (AvgIpc) is 2.94. The van der Waals surface area contributed by atoms with Gasteiger partial charge in [0, 0.05) is 11.6 Å². The van der Waals surface area contributed by atoms with E-state index < -0.39 is 10.2 Å². The van der Waals surface area contributed by atoms with E-state index in [1.165, 1.54) is 23.9 Å². The molecule has 0 saturated carbocycles. The number of nitrogens with zero attached hydrogens (tertiary/aromatic N) is 3. The zero-order chi connectivity index (χ0) is 13.6. The first kappa shape index (κ1) is 12.4. The highest BCUT2D eigenvalue weighted by Crippen LogP contribution is 2.39. The van der Waals surface area contributed by atoms with E-state index in [4.69, 9.17) is 12.2 Å². The molecule has 2 heterocycles. The lowest BCUT2D eigenvalue weighted by Crippen LogP contribution is -2.20. The number of thiocarbonyl (C=S) groups is 1. The fourth-order valence-corrected chi connectivity index (χ4v) is 3.61. The Morgan fingerprint density at radius 3 is 2.74 bits per heavy atom. The predicted octanol–water partition coefficient (Wildman–Crippen LogP) is 1.79. The molecular formula is C9H4N4O3S3. The Bertz CT molecular complexity index is 729. The Kier molecular flexibility index (Phi) is 2.92. The van der Waals surface area contributed by atoms with Gasteiger partial charge in [-0.2, -0.15) is 8.75 Å². The number of rotatable bonds is 2. The Labute approximate surface area is 119 Å². The summed E-state index contributed by atoms with van der Waals surface area (Å²) < 4.78 is 8.38. The Hall–Kier alpha value is -1.65. The van der Waals surface area contributed by atoms with Gasteiger partial charge >= 0.3 is 0 Å². The van der Waals surface area contributed by atoms with Crippen LogP contribution >= 0.6 is 35.7 Å². The molecule has 1 saturated heterocycles. The number of nitro benzene ring substituents is 1. The number of non-ortho nitro benzene ring substituents is 1. The molecule has 0 bridgehead atoms. The van der Waals surface area contributed by atoms with Crippen LogP contribution in [0.4, 0.5) is 5.69 Å². The largest absolute Gasteiger partial charge is 0.310 e. The van der Waals surface area contributed by atoms with Crippen LogP contribution in [0.15, 0.2) is 12.1 Å². The maximum atomic E-state index is 11.8. The summed E-state index contributed by atoms with van der Waals surface area (Å²) >= 11 is 7.01. The van der Waals surface area contributed by atoms with E-state index in [0.717, 1.165) is 11.7 Å². The molecule has 7 nitrogen and oxygen atoms in total. The van der Waals surface area contributed by atoms with Crippen molar-refractivity contribution in [3.8, 4) is 0 Å². The number of nitrogens with one attached hydrogen (secondary N) is 1. The lowest BCUT2D eigenvalue weighted by atomic mass is 10.1. The molecule has 1 fully saturated rings. The monoisotopic (exact) mass is 312 g/mol. The number of carbonyl (C=O) groups is 1. The lowest BCUT2D eigenvalue weighted by molar-refractivity contribution is -0.383. The molecule has 3 rings (SSSR count). The van der Waals surface area contributed by atoms with E-state index >= 15 is 0 Å². The van der Waals surface area contributed by atoms with E-state index in [1.807, 2.05) is 0 Å². The zero-order valence-electron chi connectivity index (χ0n) is 9.02. The second-order valence-corrected chi connectivity index (χ2v) is 5.98. The Morgan fingerprint density at radius 1 is 1.37 bits per heavy atom. The van der Waals surface area contributed by atoms with Gasteiger partial charge in [-0.15, -0.1) is 0 Å². The van der Waals surface area contributed by atoms with Crippen LogP contribution in [0.2, 0.25) is 0 Å². The van der Waals surface area contributed by atoms with Crippen molar-refractivity contribution in [2.75, 3.05) is 0 Å². The number of nitro groups is 1. The number of aromatic nitrogens is 2. The lowest BCUT2D eigenvalue weighted by Gasteiger charge is -2.05. The zero-order valence-corrected chi connectivity index (χ0v) is 11.5. The highest BCUT2D eigenvalue weighted by atomic mass is 32.2. The molecule has 19 heavy (non-hydrogen) atoms. The summed E-state index contributed by atoms with van der Waals surface area (Å²) in [5.74, 6) is -0.238. The van der Waals surface area contributed by atoms with Gasteiger partial charge in [-0.25, -0.2) is 0 Å². The van der Waals surface area contributed by atoms with E-state index in [-0.39, 0.29) is 17.1 Å². The quantitative estimate of drug-likeness (QED) is 0.513. The fraction of sp³-hybridized carbons (Fsp3) is 0.111. The molecule has 1 aliphatic rings. The highest BCUT2D eigenvalue weighted by molar-refractivity contribution is 8.24. The summed E-state index contributed by atoms with van der Waals surface area (Å²) in [6, 6.07) is 2.88. The molecule has 96 valence electrons. The summed E-state index contributed by atoms with van der Waals surface area (Å²) in [5, 5.41) is 12.9. The van der Waals surface area contributed by atoms with Gasteiger partial charge in [-0.3, -0.25) is 14.9 Å². The molecule has 0 radical (unpaired) electrons. The first-order valence-electron chi connectivity index (χ1n) is 4.99. The minimum Gasteiger partial charge on any atom is -0.310 e. The van der Waals surface area contributed by atoms with Crippen molar-refractivity contribution < 1.29 is 9.72 Å². The number of thioether (sulfide) groups is 1. The van der Waals surface area contributed by atoms with Crippen molar-refractivity contribution in [1.29, 1.82) is 0 Å². The van der Waals surface area contributed by atoms with E-state index in [0.29, 0.717) is 15.4 Å². The van der Waals surface area contributed by atoms with E-state index in [2.05, 4.69) is 14.1 Å². The van der Waals surface area contributed by atoms with Crippen molar-refractivity contribution in [3.63, 3.8) is 0 Å². The van der Waals surface area contributed by atoms with Crippen molar-refractivity contribution in [2.45, 2.75) is 5.25 Å². The van der Waals surface area contributed by atoms with Crippen LogP contribution in [-0.2, 0) is 4.79 Å². The summed E-state index contributed by atoms with van der Waals surface area (Å²) in [4.78, 5) is 22.2. The van der Waals surface area contributed by atoms with Crippen LogP contribution in [0.3, 0.4) is 0 Å². The SMILES string of the molecule is O=C1NC(=S)SC1c1ccc([N+](=O)[O-])c2nsnc12. The van der Waals surface area contributed by atoms with Gasteiger partial charge in [0.2, 0.25) is 5.91 Å². The molecule has 1 N–H and O–H groups in total. The maximum Gasteiger partial charge on any atom is 0.298 e. The van der Waals surface area contributed by atoms with Gasteiger partial charge in [0.15, 0.2) is 5.52 Å². The second kappa shape index (κ2) is 4.47. The van der Waals surface area contributed by atoms with Crippen molar-refractivity contribution in [1.82, 2.24) is 14.1 Å². The minimum absolute atomic E-state index is 0.113. The summed E-state index contributed by atoms with van der Waals surface area (Å²) in [6.07, 6.45) is 0. The summed E-state index contributed by atoms with van der Waals surface area (Å²) in [7, 11) is 0. The van der Waals surface area contributed by atoms with Crippen molar-refractivity contribution in [2.24, 2.45) is 0 Å². The van der Waals surface area contributed by atoms with Gasteiger partial charge < -0.3 is 5.32 Å². The topological polar surface area (TPSA) is 98.0 Å². The Morgan fingerprint density at radius 2 is 2.11 bits per heavy atom. The van der Waals surface area contributed by atoms with Crippen molar-refractivity contribution in [3.05, 3.63) is 27.8 Å². The molecule has 10 heteroatoms. The number of hydrogen-bond acceptors (Lipinski definition) is 8. The fourth-order valence-electron chi connectivity index (χ4n) is 1.79. The van der Waals surface area contributed by atoms with Crippen LogP contribution in [0.5, 0.6) is 0 Å². The van der Waals surface area contributed by atoms with Crippen LogP contribution < -0.4 is 5.32 Å². The molecule has 0 aliphatic carbocycles. The number of hydrogen-bond donors (Lipinski definition) is 1. The van der Waals surface area contributed by atoms with Gasteiger partial charge in [0.1, 0.15) is 15.1 Å². The summed E-state index contributed by atoms with van der Waals surface area (Å²) in [6.45, 7) is 0. The molecular weight excluding hydrogens is 308 g/mol. The number of carbonyl (C=O) groups excluding carboxylic acids is 1. The minimum atomic E-state index is -0.528. The normalized spacial score (nSPS) is 18.8. The third-order valence-corrected chi connectivity index (χ3v) is 4.53. The first-order chi connectivity index (χ1) is 9.08. The molecule has 2 aromatic rings. The number of amides is 1. The molecule has 1 aliphatic heterocycles. The summed E-state index contributed by atoms with van der Waals surface area (Å²) in [5.41, 5.74) is 1.07. The second-order valence-electron chi connectivity index (χ2n) is 3.67. The smallest absolute Gasteiger partial charge is 0.298 e. The number of fused-ring (bicyclic) bond motifs is 1. The third kappa shape index (κ3) is 1.97. The van der Waals surface area contributed by atoms with Gasteiger partial charge in [0.05, 0.1) is 16.7 Å². The first-order valence-corrected chi connectivity index (χ1v) is 7.01. The molecule has 1 aromatic carbocycles. The van der Waals surface area contributed by atoms with Crippen molar-refractivity contribution >= 4 is 62.7 Å². The third-order valence-electron chi connectivity index (χ3n) is 2.59. The van der Waals surface area contributed by atoms with E-state index in [1.54, 1.807) is 0 Å². The standard InChI is InChI=1S/C9H4N4O3S3/c14-8-7(18-9(17)10-8)3-1-2-4(13(15)16)6-5(3)11-19-12-6/h1-2,7H,(H,10,14,17). The van der Waals surface area contributed by atoms with Gasteiger partial charge in [-0.1, -0.05) is 24.0 Å². The maximum absolute atomic E-state index is 11.8. The highest BCUT2D eigenvalue weighted by Gasteiger charge is 2.33. The Balaban J connectivity index is 2.18. The average molecular weight is 312 g/mol. The van der Waals surface area contributed by atoms with Crippen LogP contribution in [-0.4, -0.2) is 23.9 Å². The predicted molar refractivity (Wildman–Crippen MR) is 75.1 cm³/mol. The van der Waals surface area contributed by atoms with Crippen LogP contribution in [0.1, 0.15) is 10.8 Å². The van der Waals surface area contributed by atoms with E-state index in [9.17, 15) is 14.9 Å². The molecule has 1 unspecified atom stereocenters. The molecule has 1 atom stereocenters. The van der Waals surface area contributed by atoms with Crippen LogP contribution in [0.25, 0.3) is 11.0 Å². The molecule has 1 aromatic heterocycles. The van der Waals surface area contributed by atoms with Crippen LogP contribution in [0, 0.1) is 10.1 Å². The molecule has 1 amide bonds. The number of benzene rings is 1.